The summed E-state index contributed by atoms with van der Waals surface area (Å²) in [5.74, 6) is -2.95. The smallest absolute Gasteiger partial charge is 0.411 e. The van der Waals surface area contributed by atoms with Gasteiger partial charge < -0.3 is 24.8 Å². The quantitative estimate of drug-likeness (QED) is 0.261. The van der Waals surface area contributed by atoms with E-state index in [0.717, 1.165) is 12.1 Å². The molecule has 6 atom stereocenters. The van der Waals surface area contributed by atoms with Crippen LogP contribution in [0.15, 0.2) is 41.4 Å². The van der Waals surface area contributed by atoms with Crippen molar-refractivity contribution >= 4 is 46.9 Å². The number of carbonyl (C=O) groups excluding carboxylic acids is 2. The molecule has 0 aromatic heterocycles. The molecule has 0 aliphatic carbocycles. The van der Waals surface area contributed by atoms with Crippen molar-refractivity contribution in [1.82, 2.24) is 4.90 Å². The number of hydrogen-bond acceptors (Lipinski definition) is 7. The number of aliphatic hydroxyl groups excluding tert-OH is 1. The Labute approximate surface area is 251 Å². The maximum Gasteiger partial charge on any atom is 0.411 e. The number of aliphatic hydroxyl groups is 1. The molecule has 1 saturated heterocycles. The third kappa shape index (κ3) is 6.45. The van der Waals surface area contributed by atoms with E-state index < -0.39 is 60.0 Å². The lowest BCUT2D eigenvalue weighted by atomic mass is 9.85. The van der Waals surface area contributed by atoms with E-state index in [4.69, 9.17) is 16.3 Å². The molecule has 2 aromatic carbocycles. The minimum absolute atomic E-state index is 0.0640. The van der Waals surface area contributed by atoms with Gasteiger partial charge in [-0.25, -0.2) is 22.8 Å². The van der Waals surface area contributed by atoms with Crippen LogP contribution in [-0.2, 0) is 9.47 Å². The summed E-state index contributed by atoms with van der Waals surface area (Å²) in [4.78, 5) is 30.6. The Kier molecular flexibility index (Phi) is 9.16. The van der Waals surface area contributed by atoms with Crippen LogP contribution in [0.5, 0.6) is 0 Å². The van der Waals surface area contributed by atoms with Crippen molar-refractivity contribution in [2.45, 2.75) is 57.3 Å². The number of amides is 2. The van der Waals surface area contributed by atoms with Crippen molar-refractivity contribution in [1.29, 1.82) is 0 Å². The number of anilines is 2. The lowest BCUT2D eigenvalue weighted by Gasteiger charge is -2.41. The monoisotopic (exact) mass is 620 g/mol. The number of allylic oxidation sites excluding steroid dienone is 1. The van der Waals surface area contributed by atoms with Crippen molar-refractivity contribution in [2.24, 2.45) is 16.8 Å². The molecule has 43 heavy (non-hydrogen) atoms. The van der Waals surface area contributed by atoms with Gasteiger partial charge in [-0.1, -0.05) is 37.1 Å². The van der Waals surface area contributed by atoms with Crippen molar-refractivity contribution in [3.8, 4) is 0 Å². The summed E-state index contributed by atoms with van der Waals surface area (Å²) in [7, 11) is 1.24. The molecule has 2 amide bonds. The Morgan fingerprint density at radius 1 is 1.23 bits per heavy atom. The highest BCUT2D eigenvalue weighted by atomic mass is 35.5. The molecule has 3 aliphatic heterocycles. The first kappa shape index (κ1) is 30.7. The maximum absolute atomic E-state index is 15.5. The molecule has 2 bridgehead atoms. The zero-order valence-electron chi connectivity index (χ0n) is 23.5. The Bertz CT molecular complexity index is 1460. The number of dihydropyridines is 1. The number of fused-ring (bicyclic) bond motifs is 3. The first-order valence-electron chi connectivity index (χ1n) is 14.0. The number of ether oxygens (including phenoxy) is 2. The molecule has 4 unspecified atom stereocenters. The number of hydrogen-bond donors (Lipinski definition) is 3. The minimum Gasteiger partial charge on any atom is -0.453 e. The average Bonchev–Trinajstić information content (AvgIpc) is 2.98. The van der Waals surface area contributed by atoms with Crippen LogP contribution in [0.2, 0.25) is 5.02 Å². The van der Waals surface area contributed by atoms with Gasteiger partial charge in [0.25, 0.3) is 0 Å². The normalized spacial score (nSPS) is 27.5. The van der Waals surface area contributed by atoms with Gasteiger partial charge in [-0.3, -0.25) is 10.3 Å². The van der Waals surface area contributed by atoms with Crippen molar-refractivity contribution < 1.29 is 37.3 Å². The number of aliphatic imine (C=N–C) groups is 1. The molecule has 9 nitrogen and oxygen atoms in total. The van der Waals surface area contributed by atoms with E-state index in [-0.39, 0.29) is 23.9 Å². The lowest BCUT2D eigenvalue weighted by molar-refractivity contribution is -0.00652. The number of rotatable bonds is 3. The summed E-state index contributed by atoms with van der Waals surface area (Å²) in [6.07, 6.45) is -0.705. The number of nitrogens with zero attached hydrogens (tertiary/aromatic N) is 2. The zero-order chi connectivity index (χ0) is 30.8. The van der Waals surface area contributed by atoms with Gasteiger partial charge in [-0.15, -0.1) is 0 Å². The summed E-state index contributed by atoms with van der Waals surface area (Å²) in [6, 6.07) is 6.39. The van der Waals surface area contributed by atoms with Crippen LogP contribution >= 0.6 is 11.6 Å². The van der Waals surface area contributed by atoms with Crippen molar-refractivity contribution in [2.75, 3.05) is 24.3 Å². The third-order valence-corrected chi connectivity index (χ3v) is 8.46. The number of nitrogens with one attached hydrogen (secondary N) is 2. The molecule has 0 radical (unpaired) electrons. The molecular weight excluding hydrogens is 589 g/mol. The van der Waals surface area contributed by atoms with E-state index in [0.29, 0.717) is 41.8 Å². The van der Waals surface area contributed by atoms with Gasteiger partial charge in [-0.2, -0.15) is 0 Å². The minimum atomic E-state index is -1.66. The predicted molar refractivity (Wildman–Crippen MR) is 156 cm³/mol. The summed E-state index contributed by atoms with van der Waals surface area (Å²) in [5, 5.41) is 16.4. The third-order valence-electron chi connectivity index (χ3n) is 8.17. The topological polar surface area (TPSA) is 112 Å². The first-order chi connectivity index (χ1) is 20.6. The zero-order valence-corrected chi connectivity index (χ0v) is 24.3. The van der Waals surface area contributed by atoms with Gasteiger partial charge >= 0.3 is 12.2 Å². The van der Waals surface area contributed by atoms with Crippen LogP contribution in [0.4, 0.5) is 34.1 Å². The molecule has 2 aromatic rings. The second kappa shape index (κ2) is 12.8. The van der Waals surface area contributed by atoms with Gasteiger partial charge in [0.1, 0.15) is 18.1 Å². The maximum atomic E-state index is 15.5. The number of cyclic esters (lactones) is 1. The highest BCUT2D eigenvalue weighted by Crippen LogP contribution is 2.39. The molecule has 5 rings (SSSR count). The largest absolute Gasteiger partial charge is 0.453 e. The Morgan fingerprint density at radius 3 is 2.77 bits per heavy atom. The SMILES string of the molecule is COC(=O)Nc1ccc2c(c1)NC(O)C(C)CCC[C@H](N1CC[C@H](c3c(F)ccc(Cl)c3F)OC1=O)C1C=C2C=NC1F. The number of halogens is 4. The molecule has 3 N–H and O–H groups in total. The number of alkyl halides is 1. The van der Waals surface area contributed by atoms with E-state index >= 15 is 4.39 Å². The van der Waals surface area contributed by atoms with E-state index in [1.54, 1.807) is 24.3 Å². The average molecular weight is 621 g/mol. The lowest BCUT2D eigenvalue weighted by Crippen LogP contribution is -2.50. The van der Waals surface area contributed by atoms with Crippen LogP contribution in [0.25, 0.3) is 5.57 Å². The first-order valence-corrected chi connectivity index (χ1v) is 14.4. The predicted octanol–water partition coefficient (Wildman–Crippen LogP) is 6.68. The van der Waals surface area contributed by atoms with Gasteiger partial charge in [0.05, 0.1) is 23.6 Å². The summed E-state index contributed by atoms with van der Waals surface area (Å²) >= 11 is 5.85. The van der Waals surface area contributed by atoms with E-state index in [2.05, 4.69) is 20.4 Å². The fourth-order valence-electron chi connectivity index (χ4n) is 5.80. The fraction of sp³-hybridized carbons (Fsp3) is 0.433. The summed E-state index contributed by atoms with van der Waals surface area (Å²) in [6.45, 7) is 1.93. The Hall–Kier alpha value is -3.77. The number of methoxy groups -OCH3 is 1. The van der Waals surface area contributed by atoms with E-state index in [9.17, 15) is 23.5 Å². The second-order valence-electron chi connectivity index (χ2n) is 10.9. The van der Waals surface area contributed by atoms with E-state index in [1.807, 2.05) is 6.92 Å². The van der Waals surface area contributed by atoms with E-state index in [1.165, 1.54) is 18.2 Å². The molecule has 1 fully saturated rings. The molecule has 0 spiro atoms. The Morgan fingerprint density at radius 2 is 2.02 bits per heavy atom. The van der Waals surface area contributed by atoms with Crippen LogP contribution in [0.3, 0.4) is 0 Å². The number of benzene rings is 2. The highest BCUT2D eigenvalue weighted by molar-refractivity contribution is 6.30. The highest BCUT2D eigenvalue weighted by Gasteiger charge is 2.41. The standard InChI is InChI=1S/C30H32ClF3N4O5/c1-15-4-3-5-23(38-11-10-24(43-30(38)41)25-21(32)9-8-20(31)26(25)33)19-12-16(14-35-27(19)34)18-7-6-17(36-29(40)42-2)13-22(18)37-28(15)39/h6-9,12-15,19,23-24,27-28,37,39H,3-5,10-11H2,1-2H3,(H,36,40)/t15?,19?,23-,24+,27?,28?/m0/s1. The van der Waals surface area contributed by atoms with Crippen LogP contribution in [0, 0.1) is 23.5 Å². The van der Waals surface area contributed by atoms with Gasteiger partial charge in [-0.05, 0) is 42.7 Å². The summed E-state index contributed by atoms with van der Waals surface area (Å²) < 4.78 is 54.9. The fourth-order valence-corrected chi connectivity index (χ4v) is 5.96. The molecule has 230 valence electrons. The molecule has 13 heteroatoms. The molecule has 3 aliphatic rings. The second-order valence-corrected chi connectivity index (χ2v) is 11.3. The van der Waals surface area contributed by atoms with Crippen LogP contribution in [-0.4, -0.2) is 60.6 Å². The number of carbonyl (C=O) groups is 2. The van der Waals surface area contributed by atoms with Gasteiger partial charge in [0.15, 0.2) is 12.1 Å². The molecule has 0 saturated carbocycles. The Balaban J connectivity index is 1.48. The van der Waals surface area contributed by atoms with Gasteiger partial charge in [0.2, 0.25) is 0 Å². The van der Waals surface area contributed by atoms with Gasteiger partial charge in [0, 0.05) is 48.1 Å². The van der Waals surface area contributed by atoms with Crippen LogP contribution < -0.4 is 10.6 Å². The molecular formula is C30H32ClF3N4O5. The van der Waals surface area contributed by atoms with Crippen molar-refractivity contribution in [3.05, 3.63) is 64.2 Å². The van der Waals surface area contributed by atoms with Crippen LogP contribution in [0.1, 0.15) is 49.8 Å². The summed E-state index contributed by atoms with van der Waals surface area (Å²) in [5.41, 5.74) is 1.61. The molecule has 3 heterocycles. The van der Waals surface area contributed by atoms with Crippen molar-refractivity contribution in [3.63, 3.8) is 0 Å².